The Morgan fingerprint density at radius 3 is 3.33 bits per heavy atom. The summed E-state index contributed by atoms with van der Waals surface area (Å²) in [5.41, 5.74) is 2.03. The summed E-state index contributed by atoms with van der Waals surface area (Å²) in [5.74, 6) is -0.940. The number of H-pyrrole nitrogens is 1. The average molecular weight is 166 g/mol. The van der Waals surface area contributed by atoms with E-state index in [4.69, 9.17) is 5.11 Å². The average Bonchev–Trinajstić information content (AvgIpc) is 2.49. The molecular formula is C8H10N2O2. The third-order valence-electron chi connectivity index (χ3n) is 2.34. The third-order valence-corrected chi connectivity index (χ3v) is 2.34. The van der Waals surface area contributed by atoms with Crippen molar-refractivity contribution in [1.29, 1.82) is 0 Å². The second kappa shape index (κ2) is 2.62. The first kappa shape index (κ1) is 7.34. The minimum absolute atomic E-state index is 0.235. The highest BCUT2D eigenvalue weighted by atomic mass is 16.4. The molecule has 0 amide bonds. The van der Waals surface area contributed by atoms with Crippen molar-refractivity contribution < 1.29 is 9.90 Å². The number of imidazole rings is 1. The van der Waals surface area contributed by atoms with Gasteiger partial charge in [0, 0.05) is 12.1 Å². The number of nitrogens with zero attached hydrogens (tertiary/aromatic N) is 1. The molecule has 1 heterocycles. The SMILES string of the molecule is O=C(O)[C@@H]1CCc2[nH]cnc2C1. The Morgan fingerprint density at radius 1 is 1.75 bits per heavy atom. The maximum atomic E-state index is 10.6. The number of carboxylic acids is 1. The van der Waals surface area contributed by atoms with Crippen LogP contribution in [-0.2, 0) is 17.6 Å². The van der Waals surface area contributed by atoms with Crippen molar-refractivity contribution in [2.75, 3.05) is 0 Å². The van der Waals surface area contributed by atoms with Crippen LogP contribution in [0, 0.1) is 5.92 Å². The first-order chi connectivity index (χ1) is 5.77. The molecule has 64 valence electrons. The number of fused-ring (bicyclic) bond motifs is 1. The first-order valence-electron chi connectivity index (χ1n) is 4.01. The van der Waals surface area contributed by atoms with Crippen molar-refractivity contribution in [1.82, 2.24) is 9.97 Å². The number of aliphatic carboxylic acids is 1. The lowest BCUT2D eigenvalue weighted by Crippen LogP contribution is -2.22. The Bertz CT molecular complexity index is 306. The van der Waals surface area contributed by atoms with Crippen molar-refractivity contribution in [2.45, 2.75) is 19.3 Å². The van der Waals surface area contributed by atoms with Crippen LogP contribution in [0.15, 0.2) is 6.33 Å². The van der Waals surface area contributed by atoms with Crippen molar-refractivity contribution in [3.05, 3.63) is 17.7 Å². The van der Waals surface area contributed by atoms with Crippen LogP contribution in [0.5, 0.6) is 0 Å². The summed E-state index contributed by atoms with van der Waals surface area (Å²) in [6, 6.07) is 0. The largest absolute Gasteiger partial charge is 0.481 e. The van der Waals surface area contributed by atoms with Crippen LogP contribution in [0.25, 0.3) is 0 Å². The summed E-state index contributed by atoms with van der Waals surface area (Å²) in [5, 5.41) is 8.76. The molecule has 1 aromatic heterocycles. The Balaban J connectivity index is 2.20. The van der Waals surface area contributed by atoms with E-state index in [9.17, 15) is 4.79 Å². The van der Waals surface area contributed by atoms with Gasteiger partial charge in [-0.1, -0.05) is 0 Å². The molecule has 0 radical (unpaired) electrons. The summed E-state index contributed by atoms with van der Waals surface area (Å²) < 4.78 is 0. The van der Waals surface area contributed by atoms with Gasteiger partial charge in [0.1, 0.15) is 0 Å². The molecule has 0 saturated carbocycles. The maximum Gasteiger partial charge on any atom is 0.306 e. The first-order valence-corrected chi connectivity index (χ1v) is 4.01. The van der Waals surface area contributed by atoms with Crippen molar-refractivity contribution in [2.24, 2.45) is 5.92 Å². The number of hydrogen-bond acceptors (Lipinski definition) is 2. The predicted molar refractivity (Wildman–Crippen MR) is 41.7 cm³/mol. The van der Waals surface area contributed by atoms with E-state index in [1.165, 1.54) is 0 Å². The van der Waals surface area contributed by atoms with E-state index in [0.717, 1.165) is 24.2 Å². The molecule has 2 N–H and O–H groups in total. The maximum absolute atomic E-state index is 10.6. The fraction of sp³-hybridized carbons (Fsp3) is 0.500. The van der Waals surface area contributed by atoms with E-state index in [1.54, 1.807) is 6.33 Å². The van der Waals surface area contributed by atoms with Gasteiger partial charge < -0.3 is 10.1 Å². The van der Waals surface area contributed by atoms with Gasteiger partial charge in [0.05, 0.1) is 17.9 Å². The summed E-state index contributed by atoms with van der Waals surface area (Å²) in [6.45, 7) is 0. The summed E-state index contributed by atoms with van der Waals surface area (Å²) in [6.07, 6.45) is 3.75. The predicted octanol–water partition coefficient (Wildman–Crippen LogP) is 0.599. The van der Waals surface area contributed by atoms with E-state index in [1.807, 2.05) is 0 Å². The fourth-order valence-corrected chi connectivity index (χ4v) is 1.61. The Hall–Kier alpha value is -1.32. The molecule has 4 heteroatoms. The molecule has 1 atom stereocenters. The lowest BCUT2D eigenvalue weighted by atomic mass is 9.90. The normalized spacial score (nSPS) is 21.8. The van der Waals surface area contributed by atoms with Gasteiger partial charge in [-0.3, -0.25) is 4.79 Å². The Kier molecular flexibility index (Phi) is 1.60. The number of hydrogen-bond donors (Lipinski definition) is 2. The molecule has 0 unspecified atom stereocenters. The highest BCUT2D eigenvalue weighted by molar-refractivity contribution is 5.70. The van der Waals surface area contributed by atoms with Crippen molar-refractivity contribution in [3.8, 4) is 0 Å². The van der Waals surface area contributed by atoms with E-state index in [0.29, 0.717) is 6.42 Å². The molecule has 1 aromatic rings. The molecular weight excluding hydrogens is 156 g/mol. The zero-order valence-corrected chi connectivity index (χ0v) is 6.58. The topological polar surface area (TPSA) is 66.0 Å². The number of aromatic amines is 1. The van der Waals surface area contributed by atoms with Crippen LogP contribution in [-0.4, -0.2) is 21.0 Å². The van der Waals surface area contributed by atoms with E-state index < -0.39 is 5.97 Å². The zero-order chi connectivity index (χ0) is 8.55. The molecule has 0 aliphatic heterocycles. The van der Waals surface area contributed by atoms with Gasteiger partial charge in [0.25, 0.3) is 0 Å². The van der Waals surface area contributed by atoms with Crippen molar-refractivity contribution >= 4 is 5.97 Å². The Morgan fingerprint density at radius 2 is 2.58 bits per heavy atom. The fourth-order valence-electron chi connectivity index (χ4n) is 1.61. The summed E-state index contributed by atoms with van der Waals surface area (Å²) in [7, 11) is 0. The summed E-state index contributed by atoms with van der Waals surface area (Å²) >= 11 is 0. The van der Waals surface area contributed by atoms with E-state index in [-0.39, 0.29) is 5.92 Å². The minimum Gasteiger partial charge on any atom is -0.481 e. The molecule has 1 aliphatic carbocycles. The number of carboxylic acid groups (broad SMARTS) is 1. The molecule has 0 spiro atoms. The van der Waals surface area contributed by atoms with Crippen molar-refractivity contribution in [3.63, 3.8) is 0 Å². The monoisotopic (exact) mass is 166 g/mol. The molecule has 0 saturated heterocycles. The van der Waals surface area contributed by atoms with Crippen LogP contribution >= 0.6 is 0 Å². The van der Waals surface area contributed by atoms with Gasteiger partial charge in [-0.25, -0.2) is 4.98 Å². The molecule has 12 heavy (non-hydrogen) atoms. The molecule has 4 nitrogen and oxygen atoms in total. The van der Waals surface area contributed by atoms with Crippen LogP contribution in [0.4, 0.5) is 0 Å². The zero-order valence-electron chi connectivity index (χ0n) is 6.58. The minimum atomic E-state index is -0.705. The number of nitrogens with one attached hydrogen (secondary N) is 1. The number of carbonyl (C=O) groups is 1. The van der Waals surface area contributed by atoms with Gasteiger partial charge in [0.15, 0.2) is 0 Å². The number of aromatic nitrogens is 2. The molecule has 0 bridgehead atoms. The highest BCUT2D eigenvalue weighted by Gasteiger charge is 2.25. The lowest BCUT2D eigenvalue weighted by Gasteiger charge is -2.16. The van der Waals surface area contributed by atoms with Gasteiger partial charge in [0.2, 0.25) is 0 Å². The quantitative estimate of drug-likeness (QED) is 0.642. The van der Waals surface area contributed by atoms with Gasteiger partial charge >= 0.3 is 5.97 Å². The van der Waals surface area contributed by atoms with Crippen LogP contribution in [0.1, 0.15) is 17.8 Å². The number of rotatable bonds is 1. The second-order valence-electron chi connectivity index (χ2n) is 3.11. The lowest BCUT2D eigenvalue weighted by molar-refractivity contribution is -0.142. The van der Waals surface area contributed by atoms with Gasteiger partial charge in [-0.2, -0.15) is 0 Å². The standard InChI is InChI=1S/C8H10N2O2/c11-8(12)5-1-2-6-7(3-5)10-4-9-6/h4-5H,1-3H2,(H,9,10)(H,11,12)/t5-/m1/s1. The molecule has 0 aromatic carbocycles. The Labute approximate surface area is 69.6 Å². The van der Waals surface area contributed by atoms with E-state index >= 15 is 0 Å². The van der Waals surface area contributed by atoms with Crippen LogP contribution < -0.4 is 0 Å². The summed E-state index contributed by atoms with van der Waals surface area (Å²) in [4.78, 5) is 17.7. The smallest absolute Gasteiger partial charge is 0.306 e. The van der Waals surface area contributed by atoms with Gasteiger partial charge in [-0.05, 0) is 12.8 Å². The number of aryl methyl sites for hydroxylation is 1. The van der Waals surface area contributed by atoms with Crippen LogP contribution in [0.3, 0.4) is 0 Å². The molecule has 0 fully saturated rings. The van der Waals surface area contributed by atoms with Gasteiger partial charge in [-0.15, -0.1) is 0 Å². The second-order valence-corrected chi connectivity index (χ2v) is 3.11. The molecule has 1 aliphatic rings. The third kappa shape index (κ3) is 1.09. The molecule has 2 rings (SSSR count). The highest BCUT2D eigenvalue weighted by Crippen LogP contribution is 2.22. The van der Waals surface area contributed by atoms with Crippen LogP contribution in [0.2, 0.25) is 0 Å². The van der Waals surface area contributed by atoms with E-state index in [2.05, 4.69) is 9.97 Å².